The molecule has 0 aliphatic carbocycles. The first-order valence-corrected chi connectivity index (χ1v) is 6.81. The number of aromatic carboxylic acids is 1. The van der Waals surface area contributed by atoms with Crippen LogP contribution in [-0.4, -0.2) is 38.4 Å². The first-order valence-electron chi connectivity index (χ1n) is 6.81. The molecule has 20 heavy (non-hydrogen) atoms. The lowest BCUT2D eigenvalue weighted by Crippen LogP contribution is -2.33. The van der Waals surface area contributed by atoms with Crippen LogP contribution in [0.4, 0.5) is 5.69 Å². The van der Waals surface area contributed by atoms with Crippen LogP contribution in [0.2, 0.25) is 0 Å². The van der Waals surface area contributed by atoms with Crippen LogP contribution in [-0.2, 0) is 7.05 Å². The van der Waals surface area contributed by atoms with Gasteiger partial charge in [0.2, 0.25) is 0 Å². The van der Waals surface area contributed by atoms with Crippen LogP contribution in [0.5, 0.6) is 0 Å². The van der Waals surface area contributed by atoms with Gasteiger partial charge < -0.3 is 10.0 Å². The van der Waals surface area contributed by atoms with Crippen LogP contribution in [0.1, 0.15) is 37.6 Å². The number of fused-ring (bicyclic) bond motifs is 1. The molecule has 2 aromatic rings. The fourth-order valence-corrected chi connectivity index (χ4v) is 2.46. The number of carbonyl (C=O) groups is 1. The van der Waals surface area contributed by atoms with Crippen molar-refractivity contribution in [2.45, 2.75) is 33.2 Å². The first-order chi connectivity index (χ1) is 9.51. The smallest absolute Gasteiger partial charge is 0.339 e. The third-order valence-corrected chi connectivity index (χ3v) is 3.71. The van der Waals surface area contributed by atoms with E-state index in [2.05, 4.69) is 28.8 Å². The molecule has 2 rings (SSSR count). The quantitative estimate of drug-likeness (QED) is 0.907. The zero-order valence-electron chi connectivity index (χ0n) is 12.3. The van der Waals surface area contributed by atoms with Crippen molar-refractivity contribution in [3.05, 3.63) is 18.0 Å². The maximum absolute atomic E-state index is 11.5. The lowest BCUT2D eigenvalue weighted by Gasteiger charge is -2.31. The van der Waals surface area contributed by atoms with Gasteiger partial charge in [-0.15, -0.1) is 0 Å². The lowest BCUT2D eigenvalue weighted by molar-refractivity contribution is 0.0697. The number of aromatic nitrogens is 3. The second kappa shape index (κ2) is 5.48. The van der Waals surface area contributed by atoms with Gasteiger partial charge >= 0.3 is 5.97 Å². The molecular formula is C14H20N4O2. The summed E-state index contributed by atoms with van der Waals surface area (Å²) in [7, 11) is 1.80. The monoisotopic (exact) mass is 276 g/mol. The van der Waals surface area contributed by atoms with Crippen LogP contribution in [0.25, 0.3) is 11.0 Å². The summed E-state index contributed by atoms with van der Waals surface area (Å²) < 4.78 is 1.66. The van der Waals surface area contributed by atoms with E-state index in [0.29, 0.717) is 11.3 Å². The fourth-order valence-electron chi connectivity index (χ4n) is 2.46. The van der Waals surface area contributed by atoms with E-state index in [4.69, 9.17) is 0 Å². The molecule has 0 radical (unpaired) electrons. The van der Waals surface area contributed by atoms with Crippen molar-refractivity contribution in [3.63, 3.8) is 0 Å². The highest BCUT2D eigenvalue weighted by Gasteiger charge is 2.23. The van der Waals surface area contributed by atoms with E-state index >= 15 is 0 Å². The number of hydrogen-bond acceptors (Lipinski definition) is 4. The Balaban J connectivity index is 2.74. The van der Waals surface area contributed by atoms with Crippen LogP contribution in [0.3, 0.4) is 0 Å². The largest absolute Gasteiger partial charge is 0.478 e. The maximum atomic E-state index is 11.5. The molecule has 6 heteroatoms. The van der Waals surface area contributed by atoms with Crippen molar-refractivity contribution in [1.29, 1.82) is 0 Å². The summed E-state index contributed by atoms with van der Waals surface area (Å²) in [6.07, 6.45) is 4.05. The highest BCUT2D eigenvalue weighted by molar-refractivity contribution is 6.03. The minimum atomic E-state index is -0.958. The summed E-state index contributed by atoms with van der Waals surface area (Å²) >= 11 is 0. The van der Waals surface area contributed by atoms with Gasteiger partial charge in [0.15, 0.2) is 5.65 Å². The Morgan fingerprint density at radius 3 is 2.70 bits per heavy atom. The molecule has 0 aliphatic heterocycles. The molecule has 0 saturated heterocycles. The second-order valence-electron chi connectivity index (χ2n) is 4.87. The number of rotatable bonds is 5. The van der Waals surface area contributed by atoms with Crippen molar-refractivity contribution >= 4 is 22.7 Å². The van der Waals surface area contributed by atoms with Gasteiger partial charge in [0.25, 0.3) is 0 Å². The summed E-state index contributed by atoms with van der Waals surface area (Å²) in [4.78, 5) is 17.8. The van der Waals surface area contributed by atoms with Gasteiger partial charge in [0.05, 0.1) is 17.3 Å². The van der Waals surface area contributed by atoms with E-state index in [1.807, 2.05) is 6.92 Å². The van der Waals surface area contributed by atoms with Crippen molar-refractivity contribution < 1.29 is 9.90 Å². The third-order valence-electron chi connectivity index (χ3n) is 3.71. The van der Waals surface area contributed by atoms with Crippen LogP contribution < -0.4 is 4.90 Å². The topological polar surface area (TPSA) is 71.2 Å². The van der Waals surface area contributed by atoms with E-state index in [9.17, 15) is 9.90 Å². The molecule has 2 heterocycles. The number of carboxylic acids is 1. The van der Waals surface area contributed by atoms with Crippen molar-refractivity contribution in [2.24, 2.45) is 7.05 Å². The van der Waals surface area contributed by atoms with Crippen molar-refractivity contribution in [1.82, 2.24) is 14.8 Å². The Morgan fingerprint density at radius 1 is 1.45 bits per heavy atom. The fraction of sp³-hybridized carbons (Fsp3) is 0.500. The molecule has 0 fully saturated rings. The first kappa shape index (κ1) is 14.3. The Morgan fingerprint density at radius 2 is 2.15 bits per heavy atom. The predicted molar refractivity (Wildman–Crippen MR) is 78.2 cm³/mol. The molecule has 2 aromatic heterocycles. The maximum Gasteiger partial charge on any atom is 0.339 e. The summed E-state index contributed by atoms with van der Waals surface area (Å²) in [5, 5.41) is 14.4. The van der Waals surface area contributed by atoms with E-state index < -0.39 is 5.97 Å². The normalized spacial score (nSPS) is 12.6. The third kappa shape index (κ3) is 2.21. The lowest BCUT2D eigenvalue weighted by atomic mass is 10.1. The van der Waals surface area contributed by atoms with Gasteiger partial charge in [-0.1, -0.05) is 6.92 Å². The number of anilines is 1. The number of aryl methyl sites for hydroxylation is 1. The minimum Gasteiger partial charge on any atom is -0.478 e. The molecule has 0 spiro atoms. The van der Waals surface area contributed by atoms with Crippen LogP contribution in [0.15, 0.2) is 12.4 Å². The van der Waals surface area contributed by atoms with Crippen molar-refractivity contribution in [3.8, 4) is 0 Å². The van der Waals surface area contributed by atoms with Crippen molar-refractivity contribution in [2.75, 3.05) is 11.4 Å². The summed E-state index contributed by atoms with van der Waals surface area (Å²) in [5.41, 5.74) is 1.65. The molecule has 1 N–H and O–H groups in total. The van der Waals surface area contributed by atoms with Gasteiger partial charge in [-0.3, -0.25) is 4.68 Å². The number of nitrogens with zero attached hydrogens (tertiary/aromatic N) is 4. The summed E-state index contributed by atoms with van der Waals surface area (Å²) in [6, 6.07) is 0.254. The molecule has 6 nitrogen and oxygen atoms in total. The molecule has 0 amide bonds. The highest BCUT2D eigenvalue weighted by Crippen LogP contribution is 2.31. The molecule has 0 aliphatic rings. The molecule has 0 saturated carbocycles. The zero-order chi connectivity index (χ0) is 14.9. The number of pyridine rings is 1. The number of carboxylic acid groups (broad SMARTS) is 1. The van der Waals surface area contributed by atoms with Gasteiger partial charge in [0, 0.05) is 25.8 Å². The van der Waals surface area contributed by atoms with E-state index in [1.165, 1.54) is 6.20 Å². The highest BCUT2D eigenvalue weighted by atomic mass is 16.4. The summed E-state index contributed by atoms with van der Waals surface area (Å²) in [5.74, 6) is -0.958. The molecule has 0 aromatic carbocycles. The zero-order valence-corrected chi connectivity index (χ0v) is 12.3. The molecular weight excluding hydrogens is 256 g/mol. The van der Waals surface area contributed by atoms with E-state index in [-0.39, 0.29) is 11.6 Å². The van der Waals surface area contributed by atoms with Gasteiger partial charge in [-0.05, 0) is 20.3 Å². The van der Waals surface area contributed by atoms with Gasteiger partial charge in [0.1, 0.15) is 5.56 Å². The second-order valence-corrected chi connectivity index (χ2v) is 4.87. The molecule has 0 bridgehead atoms. The Kier molecular flexibility index (Phi) is 3.92. The van der Waals surface area contributed by atoms with Gasteiger partial charge in [-0.25, -0.2) is 9.78 Å². The Bertz CT molecular complexity index is 635. The average molecular weight is 276 g/mol. The molecule has 108 valence electrons. The molecule has 1 atom stereocenters. The van der Waals surface area contributed by atoms with Gasteiger partial charge in [-0.2, -0.15) is 5.10 Å². The summed E-state index contributed by atoms with van der Waals surface area (Å²) in [6.45, 7) is 6.96. The Labute approximate surface area is 118 Å². The van der Waals surface area contributed by atoms with Crippen LogP contribution >= 0.6 is 0 Å². The Hall–Kier alpha value is -2.11. The minimum absolute atomic E-state index is 0.229. The SMILES string of the molecule is CCC(C)N(CC)c1c(C(=O)O)cnc2c1cnn2C. The molecule has 1 unspecified atom stereocenters. The van der Waals surface area contributed by atoms with Crippen LogP contribution in [0, 0.1) is 0 Å². The predicted octanol–water partition coefficient (Wildman–Crippen LogP) is 2.29. The standard InChI is InChI=1S/C14H20N4O2/c1-5-9(3)18(6-2)12-10-8-16-17(4)13(10)15-7-11(12)14(19)20/h7-9H,5-6H2,1-4H3,(H,19,20). The van der Waals surface area contributed by atoms with E-state index in [0.717, 1.165) is 18.4 Å². The number of hydrogen-bond donors (Lipinski definition) is 1. The van der Waals surface area contributed by atoms with E-state index in [1.54, 1.807) is 17.9 Å². The average Bonchev–Trinajstić information content (AvgIpc) is 2.81.